The third-order valence-corrected chi connectivity index (χ3v) is 6.12. The van der Waals surface area contributed by atoms with Gasteiger partial charge in [0.15, 0.2) is 0 Å². The van der Waals surface area contributed by atoms with Gasteiger partial charge in [-0.25, -0.2) is 0 Å². The van der Waals surface area contributed by atoms with Crippen LogP contribution in [0, 0.1) is 0 Å². The van der Waals surface area contributed by atoms with E-state index in [-0.39, 0.29) is 0 Å². The van der Waals surface area contributed by atoms with Crippen molar-refractivity contribution in [1.82, 2.24) is 0 Å². The molecule has 0 aromatic carbocycles. The molecule has 0 aliphatic heterocycles. The average Bonchev–Trinajstić information content (AvgIpc) is 1.35. The molecule has 0 aromatic heterocycles. The van der Waals surface area contributed by atoms with Gasteiger partial charge in [-0.3, -0.25) is 0 Å². The minimum absolute atomic E-state index is 0.991. The van der Waals surface area contributed by atoms with Crippen molar-refractivity contribution in [3.8, 4) is 0 Å². The van der Waals surface area contributed by atoms with Crippen LogP contribution < -0.4 is 0 Å². The number of rotatable bonds is 2. The summed E-state index contributed by atoms with van der Waals surface area (Å²) in [6, 6.07) is 0. The summed E-state index contributed by atoms with van der Waals surface area (Å²) in [4.78, 5) is 0. The van der Waals surface area contributed by atoms with Crippen molar-refractivity contribution in [2.24, 2.45) is 0 Å². The van der Waals surface area contributed by atoms with Gasteiger partial charge in [0.05, 0.1) is 0 Å². The van der Waals surface area contributed by atoms with Crippen LogP contribution in [0.25, 0.3) is 0 Å². The van der Waals surface area contributed by atoms with E-state index in [0.29, 0.717) is 0 Å². The van der Waals surface area contributed by atoms with E-state index in [2.05, 4.69) is 9.80 Å². The van der Waals surface area contributed by atoms with Gasteiger partial charge in [0.1, 0.15) is 0 Å². The molecule has 0 aliphatic rings. The van der Waals surface area contributed by atoms with Crippen LogP contribution in [0.1, 0.15) is 6.92 Å². The normalized spacial score (nSPS) is 11.5. The molecule has 0 fully saturated rings. The summed E-state index contributed by atoms with van der Waals surface area (Å²) in [6.07, 6.45) is 0. The topological polar surface area (TPSA) is 20.2 Å². The molecule has 6 heavy (non-hydrogen) atoms. The third-order valence-electron chi connectivity index (χ3n) is 0.207. The maximum absolute atomic E-state index is 8.54. The zero-order chi connectivity index (χ0) is 4.99. The third kappa shape index (κ3) is 5.39. The molecule has 40 valence electrons. The van der Waals surface area contributed by atoms with Crippen LogP contribution in [0.2, 0.25) is 0 Å². The monoisotopic (exact) mass is 238 g/mol. The molecular weight excluding hydrogens is 231 g/mol. The number of thiol groups is 1. The first-order valence-electron chi connectivity index (χ1n) is 1.49. The van der Waals surface area contributed by atoms with Crippen molar-refractivity contribution in [2.75, 3.05) is 5.75 Å². The second-order valence-corrected chi connectivity index (χ2v) is 10.1. The fourth-order valence-electron chi connectivity index (χ4n) is 0.0976. The van der Waals surface area contributed by atoms with E-state index in [9.17, 15) is 0 Å². The second kappa shape index (κ2) is 4.55. The predicted octanol–water partition coefficient (Wildman–Crippen LogP) is 1.91. The summed E-state index contributed by atoms with van der Waals surface area (Å²) in [5.41, 5.74) is 0. The molecule has 0 aliphatic carbocycles. The Bertz CT molecular complexity index is 32.7. The van der Waals surface area contributed by atoms with Gasteiger partial charge in [0.2, 0.25) is 0 Å². The summed E-state index contributed by atoms with van der Waals surface area (Å²) in [7, 11) is 5.42. The Kier molecular flexibility index (Phi) is 5.60. The summed E-state index contributed by atoms with van der Waals surface area (Å²) >= 11 is -1.70. The second-order valence-electron chi connectivity index (χ2n) is 0.611. The first-order chi connectivity index (χ1) is 2.77. The molecule has 0 bridgehead atoms. The first kappa shape index (κ1) is 7.39. The molecule has 0 saturated carbocycles. The zero-order valence-electron chi connectivity index (χ0n) is 3.39. The molecular formula is C2H7IOS2. The molecule has 0 atom stereocenters. The van der Waals surface area contributed by atoms with E-state index in [4.69, 9.17) is 3.44 Å². The van der Waals surface area contributed by atoms with Gasteiger partial charge in [-0.15, -0.1) is 0 Å². The predicted molar refractivity (Wildman–Crippen MR) is 43.4 cm³/mol. The van der Waals surface area contributed by atoms with Gasteiger partial charge in [-0.05, 0) is 0 Å². The van der Waals surface area contributed by atoms with Gasteiger partial charge in [0.25, 0.3) is 0 Å². The van der Waals surface area contributed by atoms with E-state index in [1.165, 1.54) is 0 Å². The van der Waals surface area contributed by atoms with Gasteiger partial charge < -0.3 is 0 Å². The fourth-order valence-corrected chi connectivity index (χ4v) is 3.93. The molecule has 1 N–H and O–H groups in total. The van der Waals surface area contributed by atoms with E-state index in [1.54, 1.807) is 8.93 Å². The van der Waals surface area contributed by atoms with Crippen LogP contribution in [0.3, 0.4) is 0 Å². The van der Waals surface area contributed by atoms with Crippen molar-refractivity contribution in [2.45, 2.75) is 6.92 Å². The summed E-state index contributed by atoms with van der Waals surface area (Å²) in [6.45, 7) is 2.02. The average molecular weight is 238 g/mol. The van der Waals surface area contributed by atoms with E-state index < -0.39 is 17.5 Å². The number of halogens is 1. The van der Waals surface area contributed by atoms with Gasteiger partial charge in [-0.1, -0.05) is 0 Å². The Labute approximate surface area is 52.1 Å². The standard InChI is InChI=1S/C2H7IOS2/c1-2-6-3(4)5/h4-5H,2H2,1H3. The Balaban J connectivity index is 2.63. The molecule has 4 heteroatoms. The Hall–Kier alpha value is 1.39. The first-order valence-corrected chi connectivity index (χ1v) is 9.21. The van der Waals surface area contributed by atoms with Crippen LogP contribution in [-0.2, 0) is 0 Å². The van der Waals surface area contributed by atoms with Crippen molar-refractivity contribution in [1.29, 1.82) is 0 Å². The SMILES string of the molecule is CCSI(O)S. The Morgan fingerprint density at radius 3 is 2.50 bits per heavy atom. The summed E-state index contributed by atoms with van der Waals surface area (Å²) in [5.74, 6) is 0.991. The van der Waals surface area contributed by atoms with Crippen molar-refractivity contribution < 1.29 is 3.44 Å². The zero-order valence-corrected chi connectivity index (χ0v) is 7.26. The van der Waals surface area contributed by atoms with Gasteiger partial charge in [-0.2, -0.15) is 0 Å². The minimum atomic E-state index is -1.70. The van der Waals surface area contributed by atoms with Crippen LogP contribution in [0.5, 0.6) is 0 Å². The molecule has 0 amide bonds. The molecule has 0 spiro atoms. The summed E-state index contributed by atoms with van der Waals surface area (Å²) in [5, 5.41) is 0. The molecule has 0 heterocycles. The molecule has 0 rings (SSSR count). The van der Waals surface area contributed by atoms with E-state index >= 15 is 0 Å². The van der Waals surface area contributed by atoms with E-state index in [0.717, 1.165) is 5.75 Å². The molecule has 0 unspecified atom stereocenters. The van der Waals surface area contributed by atoms with Crippen LogP contribution in [0.4, 0.5) is 0 Å². The fraction of sp³-hybridized carbons (Fsp3) is 1.00. The molecule has 0 saturated heterocycles. The van der Waals surface area contributed by atoms with Gasteiger partial charge >= 0.3 is 52.3 Å². The van der Waals surface area contributed by atoms with E-state index in [1.807, 2.05) is 6.92 Å². The van der Waals surface area contributed by atoms with Gasteiger partial charge in [0, 0.05) is 0 Å². The Morgan fingerprint density at radius 1 is 2.00 bits per heavy atom. The number of hydrogen-bond donors (Lipinski definition) is 2. The quantitative estimate of drug-likeness (QED) is 0.566. The molecule has 0 radical (unpaired) electrons. The Morgan fingerprint density at radius 2 is 2.50 bits per heavy atom. The molecule has 0 aromatic rings. The molecule has 1 nitrogen and oxygen atoms in total. The van der Waals surface area contributed by atoms with Crippen LogP contribution >= 0.6 is 36.2 Å². The summed E-state index contributed by atoms with van der Waals surface area (Å²) < 4.78 is 8.54. The van der Waals surface area contributed by atoms with Crippen LogP contribution in [0.15, 0.2) is 0 Å². The maximum atomic E-state index is 8.54. The number of hydrogen-bond acceptors (Lipinski definition) is 3. The van der Waals surface area contributed by atoms with Crippen molar-refractivity contribution >= 4 is 36.2 Å². The van der Waals surface area contributed by atoms with Crippen molar-refractivity contribution in [3.63, 3.8) is 0 Å². The van der Waals surface area contributed by atoms with Crippen LogP contribution in [-0.4, -0.2) is 9.19 Å². The van der Waals surface area contributed by atoms with Crippen molar-refractivity contribution in [3.05, 3.63) is 0 Å².